The SMILES string of the molecule is CC1CCC2(CC1)NC(=O)N(NC(=O)COC(=O)c1cccnc1N1CCOCC1)C2=O. The highest BCUT2D eigenvalue weighted by atomic mass is 16.5. The first-order valence-corrected chi connectivity index (χ1v) is 10.8. The third kappa shape index (κ3) is 4.38. The zero-order valence-corrected chi connectivity index (χ0v) is 18.0. The molecule has 172 valence electrons. The minimum absolute atomic E-state index is 0.229. The number of amides is 4. The number of imide groups is 1. The van der Waals surface area contributed by atoms with Crippen LogP contribution < -0.4 is 15.6 Å². The van der Waals surface area contributed by atoms with Crippen LogP contribution in [0.3, 0.4) is 0 Å². The van der Waals surface area contributed by atoms with E-state index in [4.69, 9.17) is 9.47 Å². The van der Waals surface area contributed by atoms with Crippen molar-refractivity contribution in [3.63, 3.8) is 0 Å². The van der Waals surface area contributed by atoms with Crippen LogP contribution in [0.2, 0.25) is 0 Å². The molecule has 2 aliphatic heterocycles. The standard InChI is InChI=1S/C21H27N5O6/c1-14-4-6-21(7-5-14)19(29)26(20(30)23-21)24-16(27)13-32-18(28)15-3-2-8-22-17(15)25-9-11-31-12-10-25/h2-3,8,14H,4-7,9-13H2,1H3,(H,23,30)(H,24,27). The fraction of sp³-hybridized carbons (Fsp3) is 0.571. The van der Waals surface area contributed by atoms with E-state index in [9.17, 15) is 19.2 Å². The quantitative estimate of drug-likeness (QED) is 0.498. The molecule has 0 atom stereocenters. The number of hydrazine groups is 1. The molecule has 2 saturated heterocycles. The van der Waals surface area contributed by atoms with Crippen LogP contribution in [0.25, 0.3) is 0 Å². The Balaban J connectivity index is 1.34. The number of anilines is 1. The van der Waals surface area contributed by atoms with Crippen molar-refractivity contribution in [1.29, 1.82) is 0 Å². The molecular formula is C21H27N5O6. The summed E-state index contributed by atoms with van der Waals surface area (Å²) in [6, 6.07) is 2.51. The minimum Gasteiger partial charge on any atom is -0.452 e. The second-order valence-electron chi connectivity index (χ2n) is 8.42. The number of nitrogens with zero attached hydrogens (tertiary/aromatic N) is 3. The van der Waals surface area contributed by atoms with Gasteiger partial charge >= 0.3 is 12.0 Å². The van der Waals surface area contributed by atoms with Gasteiger partial charge in [-0.3, -0.25) is 15.0 Å². The van der Waals surface area contributed by atoms with Gasteiger partial charge in [-0.25, -0.2) is 14.6 Å². The Bertz CT molecular complexity index is 908. The van der Waals surface area contributed by atoms with Crippen molar-refractivity contribution < 1.29 is 28.7 Å². The number of ether oxygens (including phenoxy) is 2. The number of carbonyl (C=O) groups is 4. The van der Waals surface area contributed by atoms with Gasteiger partial charge in [-0.15, -0.1) is 0 Å². The van der Waals surface area contributed by atoms with E-state index in [2.05, 4.69) is 22.7 Å². The van der Waals surface area contributed by atoms with Gasteiger partial charge in [0.1, 0.15) is 16.9 Å². The molecule has 1 aliphatic carbocycles. The van der Waals surface area contributed by atoms with Crippen molar-refractivity contribution in [3.05, 3.63) is 23.9 Å². The third-order valence-corrected chi connectivity index (χ3v) is 6.18. The number of morpholine rings is 1. The van der Waals surface area contributed by atoms with Gasteiger partial charge < -0.3 is 19.7 Å². The fourth-order valence-electron chi connectivity index (χ4n) is 4.26. The van der Waals surface area contributed by atoms with Gasteiger partial charge in [-0.2, -0.15) is 5.01 Å². The van der Waals surface area contributed by atoms with E-state index in [0.29, 0.717) is 55.9 Å². The molecule has 0 bridgehead atoms. The summed E-state index contributed by atoms with van der Waals surface area (Å²) in [5.74, 6) is -1.02. The molecule has 4 amide bonds. The highest BCUT2D eigenvalue weighted by Gasteiger charge is 2.52. The second kappa shape index (κ2) is 9.11. The number of pyridine rings is 1. The number of aromatic nitrogens is 1. The Morgan fingerprint density at radius 1 is 1.28 bits per heavy atom. The van der Waals surface area contributed by atoms with Gasteiger partial charge in [-0.1, -0.05) is 6.92 Å². The molecule has 11 nitrogen and oxygen atoms in total. The average Bonchev–Trinajstić information content (AvgIpc) is 3.04. The predicted molar refractivity (Wildman–Crippen MR) is 111 cm³/mol. The molecule has 11 heteroatoms. The van der Waals surface area contributed by atoms with Gasteiger partial charge in [0.05, 0.1) is 13.2 Å². The second-order valence-corrected chi connectivity index (χ2v) is 8.42. The molecule has 1 aromatic rings. The van der Waals surface area contributed by atoms with Gasteiger partial charge in [-0.05, 0) is 43.7 Å². The molecule has 1 saturated carbocycles. The highest BCUT2D eigenvalue weighted by molar-refractivity contribution is 6.08. The number of hydrogen-bond donors (Lipinski definition) is 2. The first-order valence-electron chi connectivity index (χ1n) is 10.8. The lowest BCUT2D eigenvalue weighted by molar-refractivity contribution is -0.141. The predicted octanol–water partition coefficient (Wildman–Crippen LogP) is 0.607. The maximum Gasteiger partial charge on any atom is 0.344 e. The molecule has 0 unspecified atom stereocenters. The molecule has 3 heterocycles. The summed E-state index contributed by atoms with van der Waals surface area (Å²) in [5.41, 5.74) is 1.53. The maximum atomic E-state index is 12.8. The first kappa shape index (κ1) is 22.0. The largest absolute Gasteiger partial charge is 0.452 e. The van der Waals surface area contributed by atoms with Crippen LogP contribution in [-0.4, -0.2) is 72.3 Å². The van der Waals surface area contributed by atoms with Crippen molar-refractivity contribution in [2.75, 3.05) is 37.8 Å². The Morgan fingerprint density at radius 2 is 2.00 bits per heavy atom. The molecule has 4 rings (SSSR count). The van der Waals surface area contributed by atoms with Crippen molar-refractivity contribution in [3.8, 4) is 0 Å². The summed E-state index contributed by atoms with van der Waals surface area (Å²) >= 11 is 0. The lowest BCUT2D eigenvalue weighted by Crippen LogP contribution is -2.52. The highest BCUT2D eigenvalue weighted by Crippen LogP contribution is 2.35. The normalized spacial score (nSPS) is 25.6. The summed E-state index contributed by atoms with van der Waals surface area (Å²) in [4.78, 5) is 56.2. The summed E-state index contributed by atoms with van der Waals surface area (Å²) in [6.45, 7) is 3.70. The van der Waals surface area contributed by atoms with Crippen molar-refractivity contribution >= 4 is 29.6 Å². The number of esters is 1. The van der Waals surface area contributed by atoms with E-state index in [0.717, 1.165) is 12.8 Å². The van der Waals surface area contributed by atoms with Crippen LogP contribution in [0, 0.1) is 5.92 Å². The summed E-state index contributed by atoms with van der Waals surface area (Å²) < 4.78 is 10.5. The maximum absolute atomic E-state index is 12.8. The molecule has 3 fully saturated rings. The van der Waals surface area contributed by atoms with E-state index in [1.54, 1.807) is 18.3 Å². The first-order chi connectivity index (χ1) is 15.4. The van der Waals surface area contributed by atoms with E-state index in [1.807, 2.05) is 4.90 Å². The van der Waals surface area contributed by atoms with E-state index < -0.39 is 36.0 Å². The molecule has 32 heavy (non-hydrogen) atoms. The van der Waals surface area contributed by atoms with E-state index in [-0.39, 0.29) is 5.56 Å². The van der Waals surface area contributed by atoms with E-state index in [1.165, 1.54) is 0 Å². The number of rotatable bonds is 5. The monoisotopic (exact) mass is 445 g/mol. The smallest absolute Gasteiger partial charge is 0.344 e. The van der Waals surface area contributed by atoms with Gasteiger partial charge in [0.25, 0.3) is 11.8 Å². The molecule has 3 aliphatic rings. The number of nitrogens with one attached hydrogen (secondary N) is 2. The zero-order valence-electron chi connectivity index (χ0n) is 18.0. The summed E-state index contributed by atoms with van der Waals surface area (Å²) in [7, 11) is 0. The lowest BCUT2D eigenvalue weighted by atomic mass is 9.77. The molecule has 1 aromatic heterocycles. The van der Waals surface area contributed by atoms with Gasteiger partial charge in [0.2, 0.25) is 0 Å². The fourth-order valence-corrected chi connectivity index (χ4v) is 4.26. The molecule has 0 radical (unpaired) electrons. The van der Waals surface area contributed by atoms with E-state index >= 15 is 0 Å². The van der Waals surface area contributed by atoms with Gasteiger partial charge in [0, 0.05) is 19.3 Å². The Kier molecular flexibility index (Phi) is 6.26. The summed E-state index contributed by atoms with van der Waals surface area (Å²) in [5, 5.41) is 3.41. The van der Waals surface area contributed by atoms with Crippen LogP contribution >= 0.6 is 0 Å². The Morgan fingerprint density at radius 3 is 2.72 bits per heavy atom. The molecule has 2 N–H and O–H groups in total. The molecule has 0 aromatic carbocycles. The van der Waals surface area contributed by atoms with Crippen LogP contribution in [0.15, 0.2) is 18.3 Å². The topological polar surface area (TPSA) is 130 Å². The Hall–Kier alpha value is -3.21. The number of hydrogen-bond acceptors (Lipinski definition) is 8. The van der Waals surface area contributed by atoms with Gasteiger partial charge in [0.15, 0.2) is 6.61 Å². The lowest BCUT2D eigenvalue weighted by Gasteiger charge is -2.33. The van der Waals surface area contributed by atoms with Crippen LogP contribution in [0.5, 0.6) is 0 Å². The zero-order chi connectivity index (χ0) is 22.7. The van der Waals surface area contributed by atoms with Crippen molar-refractivity contribution in [2.24, 2.45) is 5.92 Å². The average molecular weight is 445 g/mol. The number of carbonyl (C=O) groups excluding carboxylic acids is 4. The van der Waals surface area contributed by atoms with Crippen LogP contribution in [0.4, 0.5) is 10.6 Å². The molecular weight excluding hydrogens is 418 g/mol. The summed E-state index contributed by atoms with van der Waals surface area (Å²) in [6.07, 6.45) is 4.29. The molecule has 1 spiro atoms. The van der Waals surface area contributed by atoms with Crippen molar-refractivity contribution in [1.82, 2.24) is 20.7 Å². The van der Waals surface area contributed by atoms with Crippen LogP contribution in [0.1, 0.15) is 43.0 Å². The third-order valence-electron chi connectivity index (χ3n) is 6.18. The van der Waals surface area contributed by atoms with Crippen LogP contribution in [-0.2, 0) is 19.1 Å². The minimum atomic E-state index is -0.962. The van der Waals surface area contributed by atoms with Crippen molar-refractivity contribution in [2.45, 2.75) is 38.1 Å². The number of urea groups is 1. The Labute approximate surface area is 185 Å².